The monoisotopic (exact) mass is 430 g/mol. The fourth-order valence-electron chi connectivity index (χ4n) is 4.23. The van der Waals surface area contributed by atoms with Crippen LogP contribution in [0, 0.1) is 5.92 Å². The molecule has 1 aromatic heterocycles. The molecule has 0 saturated heterocycles. The van der Waals surface area contributed by atoms with Crippen LogP contribution in [0.1, 0.15) is 40.9 Å². The summed E-state index contributed by atoms with van der Waals surface area (Å²) in [5.74, 6) is 2.65. The van der Waals surface area contributed by atoms with Crippen molar-refractivity contribution in [3.8, 4) is 17.1 Å². The Hall–Kier alpha value is -3.54. The van der Waals surface area contributed by atoms with Gasteiger partial charge in [0.25, 0.3) is 5.91 Å². The third-order valence-corrected chi connectivity index (χ3v) is 6.38. The smallest absolute Gasteiger partial charge is 0.254 e. The molecule has 1 N–H and O–H groups in total. The topological polar surface area (TPSA) is 71.8 Å². The molecule has 164 valence electrons. The lowest BCUT2D eigenvalue weighted by molar-refractivity contribution is -0.122. The number of hydrogen-bond donors (Lipinski definition) is 1. The molecule has 1 aliphatic carbocycles. The number of hydrogen-bond acceptors (Lipinski definition) is 4. The summed E-state index contributed by atoms with van der Waals surface area (Å²) in [6.07, 6.45) is 3.76. The van der Waals surface area contributed by atoms with E-state index < -0.39 is 0 Å². The van der Waals surface area contributed by atoms with Gasteiger partial charge in [0, 0.05) is 47.8 Å². The van der Waals surface area contributed by atoms with Crippen molar-refractivity contribution in [2.75, 3.05) is 19.0 Å². The van der Waals surface area contributed by atoms with Crippen molar-refractivity contribution in [2.24, 2.45) is 5.92 Å². The highest BCUT2D eigenvalue weighted by Gasteiger charge is 2.26. The molecule has 32 heavy (non-hydrogen) atoms. The van der Waals surface area contributed by atoms with Crippen LogP contribution >= 0.6 is 0 Å². The van der Waals surface area contributed by atoms with Crippen molar-refractivity contribution >= 4 is 17.5 Å². The Labute approximate surface area is 187 Å². The minimum Gasteiger partial charge on any atom is -0.497 e. The van der Waals surface area contributed by atoms with E-state index >= 15 is 0 Å². The predicted octanol–water partition coefficient (Wildman–Crippen LogP) is 4.89. The van der Waals surface area contributed by atoms with Crippen LogP contribution in [0.3, 0.4) is 0 Å². The summed E-state index contributed by atoms with van der Waals surface area (Å²) < 4.78 is 11.3. The predicted molar refractivity (Wildman–Crippen MR) is 122 cm³/mol. The van der Waals surface area contributed by atoms with E-state index in [0.717, 1.165) is 53.3 Å². The maximum Gasteiger partial charge on any atom is 0.254 e. The first-order valence-electron chi connectivity index (χ1n) is 11.1. The molecule has 6 heteroatoms. The van der Waals surface area contributed by atoms with Gasteiger partial charge in [-0.25, -0.2) is 0 Å². The number of amides is 2. The molecule has 1 fully saturated rings. The fourth-order valence-corrected chi connectivity index (χ4v) is 4.23. The van der Waals surface area contributed by atoms with Gasteiger partial charge < -0.3 is 19.4 Å². The Morgan fingerprint density at radius 2 is 1.91 bits per heavy atom. The molecule has 1 aliphatic heterocycles. The third-order valence-electron chi connectivity index (χ3n) is 6.38. The van der Waals surface area contributed by atoms with Crippen molar-refractivity contribution in [2.45, 2.75) is 32.2 Å². The Morgan fingerprint density at radius 3 is 2.62 bits per heavy atom. The summed E-state index contributed by atoms with van der Waals surface area (Å²) in [5.41, 5.74) is 3.37. The Morgan fingerprint density at radius 1 is 1.09 bits per heavy atom. The van der Waals surface area contributed by atoms with Gasteiger partial charge in [0.15, 0.2) is 0 Å². The number of methoxy groups -OCH3 is 1. The number of fused-ring (bicyclic) bond motifs is 1. The van der Waals surface area contributed by atoms with Crippen molar-refractivity contribution in [3.05, 3.63) is 71.5 Å². The first-order valence-corrected chi connectivity index (χ1v) is 11.1. The minimum absolute atomic E-state index is 0.00163. The summed E-state index contributed by atoms with van der Waals surface area (Å²) in [6, 6.07) is 16.9. The van der Waals surface area contributed by atoms with Crippen molar-refractivity contribution in [3.63, 3.8) is 0 Å². The van der Waals surface area contributed by atoms with E-state index in [9.17, 15) is 9.59 Å². The van der Waals surface area contributed by atoms with E-state index in [2.05, 4.69) is 5.32 Å². The number of anilines is 1. The first kappa shape index (κ1) is 20.4. The number of benzene rings is 2. The molecule has 0 atom stereocenters. The van der Waals surface area contributed by atoms with Gasteiger partial charge in [0.05, 0.1) is 7.11 Å². The van der Waals surface area contributed by atoms with Crippen LogP contribution in [-0.4, -0.2) is 30.4 Å². The van der Waals surface area contributed by atoms with Crippen LogP contribution in [0.25, 0.3) is 11.3 Å². The summed E-state index contributed by atoms with van der Waals surface area (Å²) in [7, 11) is 1.61. The van der Waals surface area contributed by atoms with E-state index in [0.29, 0.717) is 25.1 Å². The summed E-state index contributed by atoms with van der Waals surface area (Å²) in [5, 5.41) is 3.02. The lowest BCUT2D eigenvalue weighted by atomic mass is 9.85. The van der Waals surface area contributed by atoms with Gasteiger partial charge in [-0.1, -0.05) is 18.6 Å². The molecule has 2 aromatic carbocycles. The van der Waals surface area contributed by atoms with Gasteiger partial charge in [-0.15, -0.1) is 0 Å². The zero-order chi connectivity index (χ0) is 22.1. The van der Waals surface area contributed by atoms with Crippen molar-refractivity contribution in [1.29, 1.82) is 0 Å². The molecule has 6 nitrogen and oxygen atoms in total. The molecule has 0 bridgehead atoms. The number of carbonyl (C=O) groups is 2. The normalized spacial score (nSPS) is 15.6. The molecule has 2 heterocycles. The molecular weight excluding hydrogens is 404 g/mol. The Kier molecular flexibility index (Phi) is 5.43. The molecule has 5 rings (SSSR count). The van der Waals surface area contributed by atoms with Gasteiger partial charge in [-0.2, -0.15) is 0 Å². The van der Waals surface area contributed by atoms with E-state index in [1.165, 1.54) is 0 Å². The highest BCUT2D eigenvalue weighted by atomic mass is 16.5. The average Bonchev–Trinajstić information content (AvgIpc) is 3.21. The first-order chi connectivity index (χ1) is 15.6. The zero-order valence-corrected chi connectivity index (χ0v) is 18.1. The largest absolute Gasteiger partial charge is 0.497 e. The third kappa shape index (κ3) is 4.00. The van der Waals surface area contributed by atoms with Crippen molar-refractivity contribution in [1.82, 2.24) is 4.90 Å². The summed E-state index contributed by atoms with van der Waals surface area (Å²) in [6.45, 7) is 1.13. The van der Waals surface area contributed by atoms with Gasteiger partial charge in [-0.05, 0) is 55.3 Å². The lowest BCUT2D eigenvalue weighted by Gasteiger charge is -2.26. The molecule has 0 spiro atoms. The van der Waals surface area contributed by atoms with E-state index in [1.807, 2.05) is 35.2 Å². The van der Waals surface area contributed by atoms with Gasteiger partial charge in [0.1, 0.15) is 17.3 Å². The second-order valence-corrected chi connectivity index (χ2v) is 8.46. The standard InChI is InChI=1S/C26H26N2O4/c1-31-22-10-8-18(9-11-22)26(30)28-13-12-23-20(16-28)15-24(32-23)19-6-3-7-21(14-19)27-25(29)17-4-2-5-17/h3,6-11,14-15,17H,2,4-5,12-13,16H2,1H3,(H,27,29). The number of nitrogens with one attached hydrogen (secondary N) is 1. The molecule has 0 unspecified atom stereocenters. The number of furan rings is 1. The highest BCUT2D eigenvalue weighted by Crippen LogP contribution is 2.32. The van der Waals surface area contributed by atoms with E-state index in [-0.39, 0.29) is 17.7 Å². The second-order valence-electron chi connectivity index (χ2n) is 8.46. The highest BCUT2D eigenvalue weighted by molar-refractivity contribution is 5.95. The fraction of sp³-hybridized carbons (Fsp3) is 0.308. The lowest BCUT2D eigenvalue weighted by Crippen LogP contribution is -2.35. The molecular formula is C26H26N2O4. The number of ether oxygens (including phenoxy) is 1. The zero-order valence-electron chi connectivity index (χ0n) is 18.1. The molecule has 0 radical (unpaired) electrons. The van der Waals surface area contributed by atoms with Gasteiger partial charge >= 0.3 is 0 Å². The molecule has 3 aromatic rings. The molecule has 1 saturated carbocycles. The summed E-state index contributed by atoms with van der Waals surface area (Å²) in [4.78, 5) is 27.1. The maximum absolute atomic E-state index is 12.9. The quantitative estimate of drug-likeness (QED) is 0.625. The van der Waals surface area contributed by atoms with Crippen LogP contribution < -0.4 is 10.1 Å². The number of rotatable bonds is 5. The number of carbonyl (C=O) groups excluding carboxylic acids is 2. The van der Waals surface area contributed by atoms with Crippen LogP contribution in [-0.2, 0) is 17.8 Å². The molecule has 2 aliphatic rings. The van der Waals surface area contributed by atoms with Gasteiger partial charge in [-0.3, -0.25) is 9.59 Å². The second kappa shape index (κ2) is 8.54. The van der Waals surface area contributed by atoms with Crippen LogP contribution in [0.2, 0.25) is 0 Å². The van der Waals surface area contributed by atoms with Crippen LogP contribution in [0.15, 0.2) is 59.0 Å². The Bertz CT molecular complexity index is 1140. The van der Waals surface area contributed by atoms with Gasteiger partial charge in [0.2, 0.25) is 5.91 Å². The van der Waals surface area contributed by atoms with E-state index in [4.69, 9.17) is 9.15 Å². The van der Waals surface area contributed by atoms with E-state index in [1.54, 1.807) is 31.4 Å². The summed E-state index contributed by atoms with van der Waals surface area (Å²) >= 11 is 0. The minimum atomic E-state index is 0.00163. The average molecular weight is 431 g/mol. The Balaban J connectivity index is 1.30. The van der Waals surface area contributed by atoms with Crippen LogP contribution in [0.5, 0.6) is 5.75 Å². The maximum atomic E-state index is 12.9. The molecule has 2 amide bonds. The SMILES string of the molecule is COc1ccc(C(=O)N2CCc3oc(-c4cccc(NC(=O)C5CCC5)c4)cc3C2)cc1. The van der Waals surface area contributed by atoms with Crippen molar-refractivity contribution < 1.29 is 18.7 Å². The number of nitrogens with zero attached hydrogens (tertiary/aromatic N) is 1. The van der Waals surface area contributed by atoms with Crippen LogP contribution in [0.4, 0.5) is 5.69 Å².